The number of imidazole rings is 1. The fraction of sp³-hybridized carbons (Fsp3) is 0.125. The molecule has 0 spiro atoms. The third-order valence-corrected chi connectivity index (χ3v) is 4.45. The molecule has 2 aromatic carbocycles. The molecule has 1 aromatic heterocycles. The Balaban J connectivity index is 2.24. The number of hydrogen-bond acceptors (Lipinski definition) is 6. The summed E-state index contributed by atoms with van der Waals surface area (Å²) < 4.78 is 1.16. The summed E-state index contributed by atoms with van der Waals surface area (Å²) in [6.45, 7) is 3.76. The molecule has 0 saturated carbocycles. The topological polar surface area (TPSA) is 121 Å². The van der Waals surface area contributed by atoms with E-state index in [9.17, 15) is 25.0 Å². The Hall–Kier alpha value is -3.33. The molecule has 3 rings (SSSR count). The van der Waals surface area contributed by atoms with Crippen LogP contribution in [0.1, 0.15) is 21.5 Å². The van der Waals surface area contributed by atoms with E-state index in [1.807, 2.05) is 13.8 Å². The molecule has 0 aliphatic carbocycles. The number of rotatable bonds is 3. The second-order valence-electron chi connectivity index (χ2n) is 5.69. The summed E-state index contributed by atoms with van der Waals surface area (Å²) in [7, 11) is 0. The van der Waals surface area contributed by atoms with E-state index in [4.69, 9.17) is 11.6 Å². The van der Waals surface area contributed by atoms with Crippen molar-refractivity contribution in [1.29, 1.82) is 0 Å². The highest BCUT2D eigenvalue weighted by atomic mass is 35.5. The number of fused-ring (bicyclic) bond motifs is 1. The first-order valence-electron chi connectivity index (χ1n) is 7.32. The SMILES string of the molecule is Cc1cc2ncn(C(=O)c3cc([N+](=O)[O-])cc([N+](=O)[O-])c3Cl)c2cc1C. The molecule has 1 heterocycles. The van der Waals surface area contributed by atoms with Gasteiger partial charge in [0.05, 0.1) is 32.5 Å². The molecule has 0 aliphatic heterocycles. The van der Waals surface area contributed by atoms with Crippen LogP contribution in [0.4, 0.5) is 11.4 Å². The lowest BCUT2D eigenvalue weighted by Crippen LogP contribution is -2.13. The summed E-state index contributed by atoms with van der Waals surface area (Å²) in [4.78, 5) is 37.5. The first kappa shape index (κ1) is 17.5. The molecule has 0 bridgehead atoms. The van der Waals surface area contributed by atoms with Crippen LogP contribution in [-0.4, -0.2) is 25.3 Å². The first-order valence-corrected chi connectivity index (χ1v) is 7.70. The lowest BCUT2D eigenvalue weighted by Gasteiger charge is -2.07. The van der Waals surface area contributed by atoms with Crippen molar-refractivity contribution in [1.82, 2.24) is 9.55 Å². The average molecular weight is 375 g/mol. The van der Waals surface area contributed by atoms with E-state index in [1.54, 1.807) is 12.1 Å². The highest BCUT2D eigenvalue weighted by molar-refractivity contribution is 6.36. The number of non-ortho nitro benzene ring substituents is 1. The van der Waals surface area contributed by atoms with Crippen molar-refractivity contribution in [2.45, 2.75) is 13.8 Å². The molecule has 3 aromatic rings. The minimum absolute atomic E-state index is 0.343. The van der Waals surface area contributed by atoms with Gasteiger partial charge in [0.15, 0.2) is 0 Å². The predicted molar refractivity (Wildman–Crippen MR) is 93.7 cm³/mol. The van der Waals surface area contributed by atoms with E-state index >= 15 is 0 Å². The fourth-order valence-corrected chi connectivity index (χ4v) is 2.80. The van der Waals surface area contributed by atoms with Crippen molar-refractivity contribution < 1.29 is 14.6 Å². The van der Waals surface area contributed by atoms with Gasteiger partial charge in [0.1, 0.15) is 11.3 Å². The fourth-order valence-electron chi connectivity index (χ4n) is 2.54. The molecule has 0 amide bonds. The van der Waals surface area contributed by atoms with Gasteiger partial charge in [-0.3, -0.25) is 29.6 Å². The molecule has 10 heteroatoms. The Morgan fingerprint density at radius 1 is 1.08 bits per heavy atom. The van der Waals surface area contributed by atoms with Crippen LogP contribution in [0.5, 0.6) is 0 Å². The van der Waals surface area contributed by atoms with E-state index in [0.717, 1.165) is 27.8 Å². The Bertz CT molecular complexity index is 1110. The van der Waals surface area contributed by atoms with Crippen LogP contribution in [0, 0.1) is 34.1 Å². The Morgan fingerprint density at radius 3 is 2.35 bits per heavy atom. The molecule has 9 nitrogen and oxygen atoms in total. The van der Waals surface area contributed by atoms with Crippen molar-refractivity contribution in [3.05, 3.63) is 72.5 Å². The third kappa shape index (κ3) is 2.78. The maximum absolute atomic E-state index is 12.9. The van der Waals surface area contributed by atoms with Crippen LogP contribution in [0.25, 0.3) is 11.0 Å². The summed E-state index contributed by atoms with van der Waals surface area (Å²) in [5, 5.41) is 21.7. The molecule has 0 saturated heterocycles. The summed E-state index contributed by atoms with van der Waals surface area (Å²) in [6.07, 6.45) is 1.26. The lowest BCUT2D eigenvalue weighted by atomic mass is 10.1. The van der Waals surface area contributed by atoms with Gasteiger partial charge in [-0.2, -0.15) is 0 Å². The van der Waals surface area contributed by atoms with Gasteiger partial charge in [-0.1, -0.05) is 11.6 Å². The number of nitrogens with zero attached hydrogens (tertiary/aromatic N) is 4. The minimum Gasteiger partial charge on any atom is -0.268 e. The number of aryl methyl sites for hydroxylation is 2. The van der Waals surface area contributed by atoms with Gasteiger partial charge in [0, 0.05) is 6.07 Å². The van der Waals surface area contributed by atoms with Gasteiger partial charge in [0.25, 0.3) is 17.3 Å². The molecular formula is C16H11ClN4O5. The van der Waals surface area contributed by atoms with E-state index in [-0.39, 0.29) is 5.56 Å². The van der Waals surface area contributed by atoms with Crippen LogP contribution in [0.3, 0.4) is 0 Å². The zero-order valence-electron chi connectivity index (χ0n) is 13.6. The standard InChI is InChI=1S/C16H11ClN4O5/c1-8-3-12-13(4-9(8)2)19(7-18-12)16(22)11-5-10(20(23)24)6-14(15(11)17)21(25)26/h3-7H,1-2H3. The average Bonchev–Trinajstić information content (AvgIpc) is 2.97. The molecular weight excluding hydrogens is 364 g/mol. The second-order valence-corrected chi connectivity index (χ2v) is 6.06. The monoisotopic (exact) mass is 374 g/mol. The summed E-state index contributed by atoms with van der Waals surface area (Å²) in [5.74, 6) is -0.743. The van der Waals surface area contributed by atoms with Crippen LogP contribution in [-0.2, 0) is 0 Å². The van der Waals surface area contributed by atoms with Crippen LogP contribution < -0.4 is 0 Å². The first-order chi connectivity index (χ1) is 12.2. The van der Waals surface area contributed by atoms with Gasteiger partial charge >= 0.3 is 0 Å². The molecule has 0 radical (unpaired) electrons. The lowest BCUT2D eigenvalue weighted by molar-refractivity contribution is -0.394. The number of nitro groups is 2. The van der Waals surface area contributed by atoms with E-state index in [0.29, 0.717) is 11.0 Å². The van der Waals surface area contributed by atoms with Crippen molar-refractivity contribution >= 4 is 39.9 Å². The van der Waals surface area contributed by atoms with Crippen molar-refractivity contribution in [2.75, 3.05) is 0 Å². The third-order valence-electron chi connectivity index (χ3n) is 4.06. The largest absolute Gasteiger partial charge is 0.295 e. The zero-order valence-corrected chi connectivity index (χ0v) is 14.4. The van der Waals surface area contributed by atoms with E-state index < -0.39 is 32.2 Å². The smallest absolute Gasteiger partial charge is 0.268 e. The number of aromatic nitrogens is 2. The number of nitro benzene ring substituents is 2. The molecule has 0 atom stereocenters. The van der Waals surface area contributed by atoms with Gasteiger partial charge in [-0.15, -0.1) is 0 Å². The predicted octanol–water partition coefficient (Wildman–Crippen LogP) is 3.81. The normalized spacial score (nSPS) is 10.9. The van der Waals surface area contributed by atoms with Crippen molar-refractivity contribution in [3.63, 3.8) is 0 Å². The Kier molecular flexibility index (Phi) is 4.17. The maximum atomic E-state index is 12.9. The van der Waals surface area contributed by atoms with E-state index in [1.165, 1.54) is 6.33 Å². The van der Waals surface area contributed by atoms with Gasteiger partial charge in [0.2, 0.25) is 0 Å². The van der Waals surface area contributed by atoms with Gasteiger partial charge in [-0.05, 0) is 37.1 Å². The number of halogens is 1. The maximum Gasteiger partial charge on any atom is 0.295 e. The number of hydrogen-bond donors (Lipinski definition) is 0. The summed E-state index contributed by atoms with van der Waals surface area (Å²) in [5.41, 5.74) is 1.29. The zero-order chi connectivity index (χ0) is 19.2. The van der Waals surface area contributed by atoms with Crippen LogP contribution in [0.15, 0.2) is 30.6 Å². The summed E-state index contributed by atoms with van der Waals surface area (Å²) >= 11 is 5.98. The number of carbonyl (C=O) groups excluding carboxylic acids is 1. The van der Waals surface area contributed by atoms with Crippen LogP contribution >= 0.6 is 11.6 Å². The van der Waals surface area contributed by atoms with Crippen molar-refractivity contribution in [2.24, 2.45) is 0 Å². The van der Waals surface area contributed by atoms with E-state index in [2.05, 4.69) is 4.98 Å². The quantitative estimate of drug-likeness (QED) is 0.507. The number of benzene rings is 2. The van der Waals surface area contributed by atoms with Crippen LogP contribution in [0.2, 0.25) is 5.02 Å². The number of carbonyl (C=O) groups is 1. The Labute approximate surface area is 151 Å². The van der Waals surface area contributed by atoms with Crippen molar-refractivity contribution in [3.8, 4) is 0 Å². The molecule has 0 fully saturated rings. The Morgan fingerprint density at radius 2 is 1.73 bits per heavy atom. The molecule has 0 aliphatic rings. The molecule has 0 N–H and O–H groups in total. The molecule has 132 valence electrons. The second kappa shape index (κ2) is 6.19. The highest BCUT2D eigenvalue weighted by Gasteiger charge is 2.27. The molecule has 26 heavy (non-hydrogen) atoms. The van der Waals surface area contributed by atoms with Gasteiger partial charge < -0.3 is 0 Å². The highest BCUT2D eigenvalue weighted by Crippen LogP contribution is 2.34. The van der Waals surface area contributed by atoms with Gasteiger partial charge in [-0.25, -0.2) is 4.98 Å². The minimum atomic E-state index is -0.869. The summed E-state index contributed by atoms with van der Waals surface area (Å²) in [6, 6.07) is 5.18. The molecule has 0 unspecified atom stereocenters.